The standard InChI is InChI=1S/C23H23F3N6O3/c24-23(25,26)19-2-1-9-31(19)22(34)13-32-18-12-27-8-7-14(18)3-4-15(10-21(32)33)35-20-6-5-16-17(29-20)11-28-30-16/h5-8,11-12,15,19H,1-4,9-10,13H2,(H,28,30). The Balaban J connectivity index is 1.37. The Morgan fingerprint density at radius 2 is 2.06 bits per heavy atom. The number of carbonyl (C=O) groups is 2. The van der Waals surface area contributed by atoms with Crippen molar-refractivity contribution in [1.29, 1.82) is 0 Å². The molecule has 12 heteroatoms. The van der Waals surface area contributed by atoms with E-state index in [1.807, 2.05) is 0 Å². The minimum atomic E-state index is -4.51. The summed E-state index contributed by atoms with van der Waals surface area (Å²) in [5.41, 5.74) is 2.57. The molecule has 1 N–H and O–H groups in total. The molecule has 2 unspecified atom stereocenters. The van der Waals surface area contributed by atoms with Crippen LogP contribution in [-0.2, 0) is 16.0 Å². The third-order valence-corrected chi connectivity index (χ3v) is 6.42. The highest BCUT2D eigenvalue weighted by Gasteiger charge is 2.48. The highest BCUT2D eigenvalue weighted by molar-refractivity contribution is 5.99. The largest absolute Gasteiger partial charge is 0.474 e. The van der Waals surface area contributed by atoms with Crippen molar-refractivity contribution in [1.82, 2.24) is 25.1 Å². The summed E-state index contributed by atoms with van der Waals surface area (Å²) in [4.78, 5) is 36.8. The number of rotatable bonds is 4. The maximum absolute atomic E-state index is 13.4. The number of alkyl halides is 3. The SMILES string of the molecule is O=C1CC(Oc2ccc3[nH]ncc3n2)CCc2ccncc2N1CC(=O)N1CCCC1C(F)(F)F. The minimum absolute atomic E-state index is 0.0127. The van der Waals surface area contributed by atoms with Crippen LogP contribution in [0.15, 0.2) is 36.8 Å². The molecule has 0 aliphatic carbocycles. The molecule has 3 aromatic rings. The van der Waals surface area contributed by atoms with Crippen molar-refractivity contribution < 1.29 is 27.5 Å². The lowest BCUT2D eigenvalue weighted by Gasteiger charge is -2.32. The number of carbonyl (C=O) groups excluding carboxylic acids is 2. The van der Waals surface area contributed by atoms with Crippen LogP contribution in [0.3, 0.4) is 0 Å². The van der Waals surface area contributed by atoms with E-state index in [9.17, 15) is 22.8 Å². The molecule has 5 heterocycles. The average molecular weight is 488 g/mol. The zero-order valence-electron chi connectivity index (χ0n) is 18.7. The molecule has 0 saturated carbocycles. The zero-order valence-corrected chi connectivity index (χ0v) is 18.7. The van der Waals surface area contributed by atoms with Crippen LogP contribution in [0.5, 0.6) is 5.88 Å². The van der Waals surface area contributed by atoms with E-state index in [1.54, 1.807) is 30.6 Å². The second-order valence-electron chi connectivity index (χ2n) is 8.71. The first-order valence-corrected chi connectivity index (χ1v) is 11.4. The number of hydrogen-bond donors (Lipinski definition) is 1. The number of aromatic nitrogens is 4. The molecule has 2 aliphatic rings. The first kappa shape index (κ1) is 23.1. The quantitative estimate of drug-likeness (QED) is 0.606. The monoisotopic (exact) mass is 488 g/mol. The van der Waals surface area contributed by atoms with Gasteiger partial charge in [-0.15, -0.1) is 0 Å². The summed E-state index contributed by atoms with van der Waals surface area (Å²) in [6.45, 7) is -0.477. The lowest BCUT2D eigenvalue weighted by Crippen LogP contribution is -2.50. The molecule has 35 heavy (non-hydrogen) atoms. The summed E-state index contributed by atoms with van der Waals surface area (Å²) in [6, 6.07) is 3.36. The number of amides is 2. The molecular weight excluding hydrogens is 465 g/mol. The number of nitrogens with zero attached hydrogens (tertiary/aromatic N) is 5. The maximum Gasteiger partial charge on any atom is 0.408 e. The van der Waals surface area contributed by atoms with E-state index >= 15 is 0 Å². The second kappa shape index (κ2) is 9.16. The Bertz CT molecular complexity index is 1250. The van der Waals surface area contributed by atoms with Crippen LogP contribution < -0.4 is 9.64 Å². The van der Waals surface area contributed by atoms with Crippen LogP contribution >= 0.6 is 0 Å². The summed E-state index contributed by atoms with van der Waals surface area (Å²) in [6.07, 6.45) is 0.695. The lowest BCUT2D eigenvalue weighted by molar-refractivity contribution is -0.182. The number of H-pyrrole nitrogens is 1. The van der Waals surface area contributed by atoms with Crippen LogP contribution in [0.2, 0.25) is 0 Å². The molecule has 3 aromatic heterocycles. The number of likely N-dealkylation sites (tertiary alicyclic amines) is 1. The molecule has 0 bridgehead atoms. The molecular formula is C23H23F3N6O3. The molecule has 5 rings (SSSR count). The number of nitrogens with one attached hydrogen (secondary N) is 1. The Labute approximate surface area is 198 Å². The number of hydrogen-bond acceptors (Lipinski definition) is 6. The third kappa shape index (κ3) is 4.77. The second-order valence-corrected chi connectivity index (χ2v) is 8.71. The van der Waals surface area contributed by atoms with Gasteiger partial charge in [-0.1, -0.05) is 0 Å². The summed E-state index contributed by atoms with van der Waals surface area (Å²) in [5, 5.41) is 6.73. The number of halogens is 3. The Hall–Kier alpha value is -3.70. The normalized spacial score (nSPS) is 21.1. The Kier molecular flexibility index (Phi) is 6.03. The number of ether oxygens (including phenoxy) is 1. The van der Waals surface area contributed by atoms with Crippen LogP contribution in [0.25, 0.3) is 11.0 Å². The minimum Gasteiger partial charge on any atom is -0.474 e. The van der Waals surface area contributed by atoms with Gasteiger partial charge in [0.15, 0.2) is 0 Å². The fourth-order valence-corrected chi connectivity index (χ4v) is 4.68. The van der Waals surface area contributed by atoms with E-state index < -0.39 is 36.7 Å². The van der Waals surface area contributed by atoms with Gasteiger partial charge < -0.3 is 14.5 Å². The molecule has 2 atom stereocenters. The first-order valence-electron chi connectivity index (χ1n) is 11.4. The van der Waals surface area contributed by atoms with Crippen LogP contribution in [0.1, 0.15) is 31.2 Å². The summed E-state index contributed by atoms with van der Waals surface area (Å²) in [7, 11) is 0. The number of aromatic amines is 1. The van der Waals surface area contributed by atoms with Crippen LogP contribution in [0.4, 0.5) is 18.9 Å². The topological polar surface area (TPSA) is 104 Å². The average Bonchev–Trinajstić information content (AvgIpc) is 3.49. The van der Waals surface area contributed by atoms with Gasteiger partial charge in [-0.25, -0.2) is 4.98 Å². The summed E-state index contributed by atoms with van der Waals surface area (Å²) < 4.78 is 46.2. The lowest BCUT2D eigenvalue weighted by atomic mass is 10.00. The van der Waals surface area contributed by atoms with E-state index in [0.29, 0.717) is 29.9 Å². The van der Waals surface area contributed by atoms with Crippen molar-refractivity contribution in [3.63, 3.8) is 0 Å². The van der Waals surface area contributed by atoms with Crippen molar-refractivity contribution in [3.05, 3.63) is 42.4 Å². The van der Waals surface area contributed by atoms with Crippen LogP contribution in [-0.4, -0.2) is 68.3 Å². The molecule has 2 amide bonds. The molecule has 2 aliphatic heterocycles. The first-order chi connectivity index (χ1) is 16.8. The van der Waals surface area contributed by atoms with Crippen molar-refractivity contribution in [2.45, 2.75) is 50.4 Å². The van der Waals surface area contributed by atoms with Crippen molar-refractivity contribution in [2.24, 2.45) is 0 Å². The third-order valence-electron chi connectivity index (χ3n) is 6.42. The Morgan fingerprint density at radius 3 is 2.89 bits per heavy atom. The number of aryl methyl sites for hydroxylation is 1. The van der Waals surface area contributed by atoms with E-state index in [1.165, 1.54) is 11.1 Å². The molecule has 0 aromatic carbocycles. The van der Waals surface area contributed by atoms with Gasteiger partial charge in [0.2, 0.25) is 17.7 Å². The number of fused-ring (bicyclic) bond motifs is 2. The van der Waals surface area contributed by atoms with E-state index in [4.69, 9.17) is 4.74 Å². The highest BCUT2D eigenvalue weighted by atomic mass is 19.4. The van der Waals surface area contributed by atoms with Crippen molar-refractivity contribution >= 4 is 28.5 Å². The predicted molar refractivity (Wildman–Crippen MR) is 119 cm³/mol. The number of anilines is 1. The van der Waals surface area contributed by atoms with Gasteiger partial charge in [-0.05, 0) is 43.4 Å². The molecule has 0 spiro atoms. The Morgan fingerprint density at radius 1 is 1.20 bits per heavy atom. The van der Waals surface area contributed by atoms with Gasteiger partial charge in [0, 0.05) is 18.8 Å². The fraction of sp³-hybridized carbons (Fsp3) is 0.435. The van der Waals surface area contributed by atoms with Gasteiger partial charge in [-0.2, -0.15) is 18.3 Å². The predicted octanol–water partition coefficient (Wildman–Crippen LogP) is 3.02. The van der Waals surface area contributed by atoms with Crippen molar-refractivity contribution in [2.75, 3.05) is 18.0 Å². The maximum atomic E-state index is 13.4. The molecule has 184 valence electrons. The molecule has 0 radical (unpaired) electrons. The van der Waals surface area contributed by atoms with Crippen LogP contribution in [0, 0.1) is 0 Å². The van der Waals surface area contributed by atoms with Gasteiger partial charge >= 0.3 is 6.18 Å². The van der Waals surface area contributed by atoms with Gasteiger partial charge in [0.25, 0.3) is 0 Å². The smallest absolute Gasteiger partial charge is 0.408 e. The molecule has 9 nitrogen and oxygen atoms in total. The fourth-order valence-electron chi connectivity index (χ4n) is 4.68. The van der Waals surface area contributed by atoms with Gasteiger partial charge in [-0.3, -0.25) is 19.7 Å². The highest BCUT2D eigenvalue weighted by Crippen LogP contribution is 2.33. The van der Waals surface area contributed by atoms with E-state index in [0.717, 1.165) is 16.0 Å². The number of pyridine rings is 2. The summed E-state index contributed by atoms with van der Waals surface area (Å²) in [5.74, 6) is -0.831. The molecule has 1 saturated heterocycles. The van der Waals surface area contributed by atoms with Gasteiger partial charge in [0.05, 0.1) is 30.0 Å². The zero-order chi connectivity index (χ0) is 24.6. The van der Waals surface area contributed by atoms with Gasteiger partial charge in [0.1, 0.15) is 24.2 Å². The van der Waals surface area contributed by atoms with E-state index in [2.05, 4.69) is 20.2 Å². The summed E-state index contributed by atoms with van der Waals surface area (Å²) >= 11 is 0. The molecule has 1 fully saturated rings. The van der Waals surface area contributed by atoms with E-state index in [-0.39, 0.29) is 25.8 Å². The van der Waals surface area contributed by atoms with Crippen molar-refractivity contribution in [3.8, 4) is 5.88 Å².